The molecule has 0 aliphatic carbocycles. The van der Waals surface area contributed by atoms with E-state index in [0.717, 1.165) is 25.8 Å². The van der Waals surface area contributed by atoms with Gasteiger partial charge < -0.3 is 10.4 Å². The first kappa shape index (κ1) is 15.2. The van der Waals surface area contributed by atoms with Gasteiger partial charge in [-0.2, -0.15) is 0 Å². The molecule has 1 aromatic rings. The maximum atomic E-state index is 8.70. The van der Waals surface area contributed by atoms with Gasteiger partial charge in [0, 0.05) is 12.6 Å². The van der Waals surface area contributed by atoms with Crippen molar-refractivity contribution < 1.29 is 5.11 Å². The fraction of sp³-hybridized carbons (Fsp3) is 0.625. The molecule has 1 atom stereocenters. The lowest BCUT2D eigenvalue weighted by molar-refractivity contribution is 0.282. The Labute approximate surface area is 111 Å². The normalized spacial score (nSPS) is 12.6. The Bertz CT molecular complexity index is 307. The Morgan fingerprint density at radius 1 is 1.06 bits per heavy atom. The molecule has 0 aliphatic rings. The molecule has 0 aliphatic heterocycles. The van der Waals surface area contributed by atoms with Crippen molar-refractivity contribution in [2.24, 2.45) is 0 Å². The van der Waals surface area contributed by atoms with Gasteiger partial charge in [-0.3, -0.25) is 0 Å². The first-order valence-electron chi connectivity index (χ1n) is 7.18. The van der Waals surface area contributed by atoms with E-state index < -0.39 is 0 Å². The fourth-order valence-corrected chi connectivity index (χ4v) is 2.16. The minimum atomic E-state index is 0.328. The summed E-state index contributed by atoms with van der Waals surface area (Å²) in [5.41, 5.74) is 2.70. The second-order valence-corrected chi connectivity index (χ2v) is 4.96. The lowest BCUT2D eigenvalue weighted by Crippen LogP contribution is -2.21. The predicted molar refractivity (Wildman–Crippen MR) is 77.8 cm³/mol. The standard InChI is InChI=1S/C16H27NO/c1-3-16(15-10-8-14(2)9-11-15)17-12-6-4-5-7-13-18/h8-11,16-18H,3-7,12-13H2,1-2H3. The van der Waals surface area contributed by atoms with E-state index in [9.17, 15) is 0 Å². The minimum absolute atomic E-state index is 0.328. The summed E-state index contributed by atoms with van der Waals surface area (Å²) in [5.74, 6) is 0. The van der Waals surface area contributed by atoms with Crippen LogP contribution >= 0.6 is 0 Å². The van der Waals surface area contributed by atoms with Crippen LogP contribution < -0.4 is 5.32 Å². The summed E-state index contributed by atoms with van der Waals surface area (Å²) in [6, 6.07) is 9.29. The number of hydrogen-bond acceptors (Lipinski definition) is 2. The molecule has 1 aromatic carbocycles. The smallest absolute Gasteiger partial charge is 0.0431 e. The van der Waals surface area contributed by atoms with E-state index in [0.29, 0.717) is 12.6 Å². The highest BCUT2D eigenvalue weighted by atomic mass is 16.2. The molecule has 0 aromatic heterocycles. The van der Waals surface area contributed by atoms with E-state index in [2.05, 4.69) is 43.4 Å². The molecule has 2 N–H and O–H groups in total. The summed E-state index contributed by atoms with van der Waals surface area (Å²) in [5, 5.41) is 12.3. The lowest BCUT2D eigenvalue weighted by atomic mass is 10.0. The van der Waals surface area contributed by atoms with Crippen LogP contribution in [0.2, 0.25) is 0 Å². The molecule has 1 unspecified atom stereocenters. The second kappa shape index (κ2) is 9.12. The van der Waals surface area contributed by atoms with Crippen LogP contribution in [0.3, 0.4) is 0 Å². The van der Waals surface area contributed by atoms with Crippen molar-refractivity contribution in [2.45, 2.75) is 52.0 Å². The zero-order valence-electron chi connectivity index (χ0n) is 11.8. The third kappa shape index (κ3) is 5.65. The molecule has 0 saturated carbocycles. The Kier molecular flexibility index (Phi) is 7.70. The number of unbranched alkanes of at least 4 members (excludes halogenated alkanes) is 3. The van der Waals surface area contributed by atoms with E-state index >= 15 is 0 Å². The van der Waals surface area contributed by atoms with E-state index in [4.69, 9.17) is 5.11 Å². The molecule has 0 bridgehead atoms. The first-order chi connectivity index (χ1) is 8.77. The van der Waals surface area contributed by atoms with Gasteiger partial charge in [-0.05, 0) is 38.3 Å². The largest absolute Gasteiger partial charge is 0.396 e. The fourth-order valence-electron chi connectivity index (χ4n) is 2.16. The molecule has 0 radical (unpaired) electrons. The molecule has 1 rings (SSSR count). The van der Waals surface area contributed by atoms with Crippen LogP contribution in [0.5, 0.6) is 0 Å². The van der Waals surface area contributed by atoms with Crippen molar-refractivity contribution in [1.29, 1.82) is 0 Å². The molecule has 0 fully saturated rings. The van der Waals surface area contributed by atoms with Gasteiger partial charge in [0.15, 0.2) is 0 Å². The van der Waals surface area contributed by atoms with E-state index in [-0.39, 0.29) is 0 Å². The number of nitrogens with one attached hydrogen (secondary N) is 1. The summed E-state index contributed by atoms with van der Waals surface area (Å²) < 4.78 is 0. The molecular weight excluding hydrogens is 222 g/mol. The van der Waals surface area contributed by atoms with Crippen LogP contribution in [-0.4, -0.2) is 18.3 Å². The van der Waals surface area contributed by atoms with Gasteiger partial charge in [-0.15, -0.1) is 0 Å². The van der Waals surface area contributed by atoms with Crippen LogP contribution in [0.15, 0.2) is 24.3 Å². The van der Waals surface area contributed by atoms with Crippen molar-refractivity contribution >= 4 is 0 Å². The van der Waals surface area contributed by atoms with Gasteiger partial charge >= 0.3 is 0 Å². The van der Waals surface area contributed by atoms with Crippen molar-refractivity contribution in [3.8, 4) is 0 Å². The summed E-state index contributed by atoms with van der Waals surface area (Å²) in [4.78, 5) is 0. The summed E-state index contributed by atoms with van der Waals surface area (Å²) >= 11 is 0. The van der Waals surface area contributed by atoms with Crippen LogP contribution in [0.25, 0.3) is 0 Å². The topological polar surface area (TPSA) is 32.3 Å². The molecule has 18 heavy (non-hydrogen) atoms. The third-order valence-corrected chi connectivity index (χ3v) is 3.36. The van der Waals surface area contributed by atoms with Gasteiger partial charge in [0.25, 0.3) is 0 Å². The molecule has 2 nitrogen and oxygen atoms in total. The quantitative estimate of drug-likeness (QED) is 0.656. The average molecular weight is 249 g/mol. The summed E-state index contributed by atoms with van der Waals surface area (Å²) in [6.07, 6.45) is 5.61. The number of rotatable bonds is 9. The number of aliphatic hydroxyl groups excluding tert-OH is 1. The van der Waals surface area contributed by atoms with Gasteiger partial charge in [0.1, 0.15) is 0 Å². The maximum absolute atomic E-state index is 8.70. The zero-order valence-corrected chi connectivity index (χ0v) is 11.8. The van der Waals surface area contributed by atoms with E-state index in [1.807, 2.05) is 0 Å². The molecular formula is C16H27NO. The minimum Gasteiger partial charge on any atom is -0.396 e. The van der Waals surface area contributed by atoms with Gasteiger partial charge in [0.2, 0.25) is 0 Å². The maximum Gasteiger partial charge on any atom is 0.0431 e. The molecule has 0 amide bonds. The zero-order chi connectivity index (χ0) is 13.2. The van der Waals surface area contributed by atoms with Crippen LogP contribution in [0, 0.1) is 6.92 Å². The predicted octanol–water partition coefficient (Wildman–Crippen LogP) is 3.59. The molecule has 102 valence electrons. The number of hydrogen-bond donors (Lipinski definition) is 2. The Morgan fingerprint density at radius 3 is 2.33 bits per heavy atom. The van der Waals surface area contributed by atoms with E-state index in [1.165, 1.54) is 24.0 Å². The SMILES string of the molecule is CCC(NCCCCCCO)c1ccc(C)cc1. The highest BCUT2D eigenvalue weighted by Gasteiger charge is 2.07. The van der Waals surface area contributed by atoms with Crippen molar-refractivity contribution in [2.75, 3.05) is 13.2 Å². The number of aryl methyl sites for hydroxylation is 1. The monoisotopic (exact) mass is 249 g/mol. The van der Waals surface area contributed by atoms with Crippen LogP contribution in [-0.2, 0) is 0 Å². The Morgan fingerprint density at radius 2 is 1.72 bits per heavy atom. The molecule has 0 saturated heterocycles. The van der Waals surface area contributed by atoms with Gasteiger partial charge in [-0.1, -0.05) is 49.6 Å². The Balaban J connectivity index is 2.27. The van der Waals surface area contributed by atoms with E-state index in [1.54, 1.807) is 0 Å². The van der Waals surface area contributed by atoms with Crippen LogP contribution in [0.4, 0.5) is 0 Å². The number of benzene rings is 1. The highest BCUT2D eigenvalue weighted by molar-refractivity contribution is 5.23. The highest BCUT2D eigenvalue weighted by Crippen LogP contribution is 2.17. The van der Waals surface area contributed by atoms with Crippen molar-refractivity contribution in [1.82, 2.24) is 5.32 Å². The molecule has 2 heteroatoms. The number of aliphatic hydroxyl groups is 1. The van der Waals surface area contributed by atoms with Crippen molar-refractivity contribution in [3.63, 3.8) is 0 Å². The van der Waals surface area contributed by atoms with Crippen molar-refractivity contribution in [3.05, 3.63) is 35.4 Å². The molecule has 0 spiro atoms. The Hall–Kier alpha value is -0.860. The average Bonchev–Trinajstić information content (AvgIpc) is 2.39. The van der Waals surface area contributed by atoms with Crippen LogP contribution in [0.1, 0.15) is 56.2 Å². The van der Waals surface area contributed by atoms with Gasteiger partial charge in [0.05, 0.1) is 0 Å². The molecule has 0 heterocycles. The third-order valence-electron chi connectivity index (χ3n) is 3.36. The van der Waals surface area contributed by atoms with Gasteiger partial charge in [-0.25, -0.2) is 0 Å². The lowest BCUT2D eigenvalue weighted by Gasteiger charge is -2.17. The second-order valence-electron chi connectivity index (χ2n) is 4.96. The first-order valence-corrected chi connectivity index (χ1v) is 7.18. The summed E-state index contributed by atoms with van der Waals surface area (Å²) in [7, 11) is 0. The summed E-state index contributed by atoms with van der Waals surface area (Å²) in [6.45, 7) is 5.74.